The molecule has 19 heavy (non-hydrogen) atoms. The fraction of sp³-hybridized carbons (Fsp3) is 0.438. The topological polar surface area (TPSA) is 29.5 Å². The number of fused-ring (bicyclic) bond motifs is 1. The van der Waals surface area contributed by atoms with E-state index < -0.39 is 0 Å². The van der Waals surface area contributed by atoms with Gasteiger partial charge in [-0.1, -0.05) is 36.4 Å². The van der Waals surface area contributed by atoms with E-state index in [-0.39, 0.29) is 24.0 Å². The molecule has 0 aliphatic carbocycles. The lowest BCUT2D eigenvalue weighted by molar-refractivity contribution is -0.168. The highest BCUT2D eigenvalue weighted by Gasteiger charge is 2.43. The van der Waals surface area contributed by atoms with Gasteiger partial charge in [-0.05, 0) is 24.9 Å². The lowest BCUT2D eigenvalue weighted by Crippen LogP contribution is -2.56. The van der Waals surface area contributed by atoms with E-state index in [4.69, 9.17) is 4.74 Å². The van der Waals surface area contributed by atoms with Crippen LogP contribution in [0.5, 0.6) is 0 Å². The van der Waals surface area contributed by atoms with E-state index in [0.717, 1.165) is 19.4 Å². The average molecular weight is 257 g/mol. The van der Waals surface area contributed by atoms with Crippen LogP contribution >= 0.6 is 0 Å². The molecule has 3 rings (SSSR count). The molecule has 0 radical (unpaired) electrons. The fourth-order valence-electron chi connectivity index (χ4n) is 3.26. The van der Waals surface area contributed by atoms with Crippen molar-refractivity contribution in [2.45, 2.75) is 24.9 Å². The molecule has 0 aromatic heterocycles. The lowest BCUT2D eigenvalue weighted by atomic mass is 9.86. The van der Waals surface area contributed by atoms with Gasteiger partial charge in [0.25, 0.3) is 0 Å². The molecule has 1 aromatic carbocycles. The standard InChI is InChI=1S/C16H19NO2/c1-2-12-9-6-10-17-14(11-19-16(18)15(12)17)13-7-4-3-5-8-13/h2-5,7-8,12,14-15H,1,6,9-11H2/t12-,14+,15-/m1/s1. The number of rotatable bonds is 2. The summed E-state index contributed by atoms with van der Waals surface area (Å²) in [7, 11) is 0. The van der Waals surface area contributed by atoms with Gasteiger partial charge in [-0.3, -0.25) is 9.69 Å². The van der Waals surface area contributed by atoms with Gasteiger partial charge in [0, 0.05) is 5.92 Å². The van der Waals surface area contributed by atoms with Gasteiger partial charge in [0.1, 0.15) is 12.6 Å². The number of hydrogen-bond acceptors (Lipinski definition) is 3. The normalized spacial score (nSPS) is 31.4. The maximum atomic E-state index is 12.1. The van der Waals surface area contributed by atoms with E-state index in [1.807, 2.05) is 24.3 Å². The van der Waals surface area contributed by atoms with Gasteiger partial charge >= 0.3 is 5.97 Å². The van der Waals surface area contributed by atoms with Crippen LogP contribution in [-0.2, 0) is 9.53 Å². The minimum Gasteiger partial charge on any atom is -0.462 e. The molecule has 0 bridgehead atoms. The summed E-state index contributed by atoms with van der Waals surface area (Å²) in [6.07, 6.45) is 4.05. The Kier molecular flexibility index (Phi) is 3.38. The van der Waals surface area contributed by atoms with Gasteiger partial charge in [-0.15, -0.1) is 6.58 Å². The molecule has 2 fully saturated rings. The summed E-state index contributed by atoms with van der Waals surface area (Å²) >= 11 is 0. The Balaban J connectivity index is 1.91. The van der Waals surface area contributed by atoms with Crippen molar-refractivity contribution in [1.29, 1.82) is 0 Å². The fourth-order valence-corrected chi connectivity index (χ4v) is 3.26. The van der Waals surface area contributed by atoms with Crippen LogP contribution in [-0.4, -0.2) is 30.1 Å². The number of cyclic esters (lactones) is 1. The van der Waals surface area contributed by atoms with E-state index in [1.165, 1.54) is 5.56 Å². The number of carbonyl (C=O) groups excluding carboxylic acids is 1. The van der Waals surface area contributed by atoms with Gasteiger partial charge in [0.15, 0.2) is 0 Å². The summed E-state index contributed by atoms with van der Waals surface area (Å²) in [6, 6.07) is 10.3. The largest absolute Gasteiger partial charge is 0.462 e. The van der Waals surface area contributed by atoms with Crippen molar-refractivity contribution in [2.24, 2.45) is 5.92 Å². The highest BCUT2D eigenvalue weighted by atomic mass is 16.5. The first-order valence-electron chi connectivity index (χ1n) is 6.91. The Morgan fingerprint density at radius 3 is 2.84 bits per heavy atom. The Hall–Kier alpha value is -1.61. The van der Waals surface area contributed by atoms with Crippen LogP contribution in [0.15, 0.2) is 43.0 Å². The maximum absolute atomic E-state index is 12.1. The molecule has 0 unspecified atom stereocenters. The molecular weight excluding hydrogens is 238 g/mol. The van der Waals surface area contributed by atoms with Crippen molar-refractivity contribution in [2.75, 3.05) is 13.2 Å². The minimum absolute atomic E-state index is 0.0863. The van der Waals surface area contributed by atoms with E-state index in [2.05, 4.69) is 23.6 Å². The third-order valence-corrected chi connectivity index (χ3v) is 4.23. The number of morpholine rings is 1. The molecule has 2 aliphatic heterocycles. The number of benzene rings is 1. The molecular formula is C16H19NO2. The smallest absolute Gasteiger partial charge is 0.324 e. The molecule has 3 nitrogen and oxygen atoms in total. The van der Waals surface area contributed by atoms with Crippen molar-refractivity contribution >= 4 is 5.97 Å². The van der Waals surface area contributed by atoms with Crippen LogP contribution in [0.25, 0.3) is 0 Å². The molecule has 0 spiro atoms. The zero-order valence-corrected chi connectivity index (χ0v) is 11.0. The van der Waals surface area contributed by atoms with Crippen molar-refractivity contribution in [3.8, 4) is 0 Å². The Morgan fingerprint density at radius 2 is 2.11 bits per heavy atom. The number of carbonyl (C=O) groups is 1. The van der Waals surface area contributed by atoms with Crippen LogP contribution in [0.2, 0.25) is 0 Å². The Bertz CT molecular complexity index is 471. The predicted octanol–water partition coefficient (Wildman–Crippen LogP) is 2.55. The van der Waals surface area contributed by atoms with Gasteiger partial charge in [-0.25, -0.2) is 0 Å². The Morgan fingerprint density at radius 1 is 1.32 bits per heavy atom. The van der Waals surface area contributed by atoms with Crippen molar-refractivity contribution < 1.29 is 9.53 Å². The van der Waals surface area contributed by atoms with Gasteiger partial charge in [-0.2, -0.15) is 0 Å². The van der Waals surface area contributed by atoms with E-state index in [9.17, 15) is 4.79 Å². The predicted molar refractivity (Wildman–Crippen MR) is 73.6 cm³/mol. The van der Waals surface area contributed by atoms with Crippen LogP contribution in [0.3, 0.4) is 0 Å². The summed E-state index contributed by atoms with van der Waals surface area (Å²) < 4.78 is 5.42. The number of piperidine rings is 1. The Labute approximate surface area is 113 Å². The van der Waals surface area contributed by atoms with Crippen molar-refractivity contribution in [3.05, 3.63) is 48.6 Å². The molecule has 3 heteroatoms. The van der Waals surface area contributed by atoms with Gasteiger partial charge in [0.2, 0.25) is 0 Å². The van der Waals surface area contributed by atoms with Crippen molar-refractivity contribution in [3.63, 3.8) is 0 Å². The lowest BCUT2D eigenvalue weighted by Gasteiger charge is -2.46. The summed E-state index contributed by atoms with van der Waals surface area (Å²) in [5.41, 5.74) is 1.23. The molecule has 0 amide bonds. The summed E-state index contributed by atoms with van der Waals surface area (Å²) in [5.74, 6) is 0.129. The van der Waals surface area contributed by atoms with E-state index >= 15 is 0 Å². The first kappa shape index (κ1) is 12.4. The number of nitrogens with zero attached hydrogens (tertiary/aromatic N) is 1. The molecule has 1 aromatic rings. The third-order valence-electron chi connectivity index (χ3n) is 4.23. The first-order valence-corrected chi connectivity index (χ1v) is 6.91. The zero-order valence-electron chi connectivity index (χ0n) is 11.0. The molecule has 2 aliphatic rings. The molecule has 2 heterocycles. The van der Waals surface area contributed by atoms with Crippen LogP contribution in [0.1, 0.15) is 24.4 Å². The molecule has 100 valence electrons. The average Bonchev–Trinajstić information content (AvgIpc) is 2.48. The van der Waals surface area contributed by atoms with Crippen LogP contribution < -0.4 is 0 Å². The minimum atomic E-state index is -0.148. The van der Waals surface area contributed by atoms with Crippen LogP contribution in [0, 0.1) is 5.92 Å². The van der Waals surface area contributed by atoms with Crippen molar-refractivity contribution in [1.82, 2.24) is 4.90 Å². The van der Waals surface area contributed by atoms with Crippen LogP contribution in [0.4, 0.5) is 0 Å². The highest BCUT2D eigenvalue weighted by molar-refractivity contribution is 5.77. The third kappa shape index (κ3) is 2.19. The second-order valence-corrected chi connectivity index (χ2v) is 5.28. The van der Waals surface area contributed by atoms with Gasteiger partial charge < -0.3 is 4.74 Å². The first-order chi connectivity index (χ1) is 9.31. The second-order valence-electron chi connectivity index (χ2n) is 5.28. The van der Waals surface area contributed by atoms with E-state index in [0.29, 0.717) is 6.61 Å². The molecule has 0 saturated carbocycles. The molecule has 0 N–H and O–H groups in total. The highest BCUT2D eigenvalue weighted by Crippen LogP contribution is 2.36. The molecule has 3 atom stereocenters. The zero-order chi connectivity index (χ0) is 13.2. The summed E-state index contributed by atoms with van der Waals surface area (Å²) in [6.45, 7) is 5.30. The monoisotopic (exact) mass is 257 g/mol. The SMILES string of the molecule is C=C[C@@H]1CCCN2[C@H](c3ccccc3)COC(=O)[C@@H]12. The number of ether oxygens (including phenoxy) is 1. The quantitative estimate of drug-likeness (QED) is 0.602. The number of hydrogen-bond donors (Lipinski definition) is 0. The van der Waals surface area contributed by atoms with Gasteiger partial charge in [0.05, 0.1) is 6.04 Å². The summed E-state index contributed by atoms with van der Waals surface area (Å²) in [4.78, 5) is 14.4. The summed E-state index contributed by atoms with van der Waals surface area (Å²) in [5, 5.41) is 0. The van der Waals surface area contributed by atoms with E-state index in [1.54, 1.807) is 0 Å². The second kappa shape index (κ2) is 5.17. The maximum Gasteiger partial charge on any atom is 0.324 e. The number of esters is 1. The molecule has 2 saturated heterocycles.